The highest BCUT2D eigenvalue weighted by atomic mass is 32.1. The van der Waals surface area contributed by atoms with Crippen molar-refractivity contribution in [2.24, 2.45) is 5.73 Å². The molecule has 1 aliphatic heterocycles. The highest BCUT2D eigenvalue weighted by molar-refractivity contribution is 7.19. The second kappa shape index (κ2) is 7.03. The molecule has 3 aromatic rings. The first kappa shape index (κ1) is 16.4. The molecule has 0 saturated carbocycles. The summed E-state index contributed by atoms with van der Waals surface area (Å²) in [7, 11) is 0. The summed E-state index contributed by atoms with van der Waals surface area (Å²) in [6.45, 7) is 6.68. The van der Waals surface area contributed by atoms with E-state index in [1.165, 1.54) is 15.8 Å². The van der Waals surface area contributed by atoms with E-state index >= 15 is 0 Å². The van der Waals surface area contributed by atoms with Crippen LogP contribution in [0, 0.1) is 0 Å². The monoisotopic (exact) mass is 354 g/mol. The maximum absolute atomic E-state index is 5.70. The fourth-order valence-corrected chi connectivity index (χ4v) is 4.53. The molecule has 0 amide bonds. The van der Waals surface area contributed by atoms with Crippen LogP contribution in [0.3, 0.4) is 0 Å². The van der Waals surface area contributed by atoms with Crippen LogP contribution in [-0.2, 0) is 13.0 Å². The zero-order valence-corrected chi connectivity index (χ0v) is 15.1. The molecule has 25 heavy (non-hydrogen) atoms. The minimum Gasteiger partial charge on any atom is -0.368 e. The van der Waals surface area contributed by atoms with E-state index in [2.05, 4.69) is 22.1 Å². The molecule has 0 bridgehead atoms. The van der Waals surface area contributed by atoms with Gasteiger partial charge in [0.25, 0.3) is 0 Å². The zero-order chi connectivity index (χ0) is 17.2. The SMILES string of the molecule is CCN1CCc2c(sc3nc(-c4ccncc4)nc(NCCN)c23)C1. The fraction of sp³-hybridized carbons (Fsp3) is 0.389. The Hall–Kier alpha value is -2.09. The van der Waals surface area contributed by atoms with Gasteiger partial charge in [-0.05, 0) is 30.7 Å². The van der Waals surface area contributed by atoms with Crippen molar-refractivity contribution < 1.29 is 0 Å². The lowest BCUT2D eigenvalue weighted by molar-refractivity contribution is 0.272. The molecular formula is C18H22N6S. The van der Waals surface area contributed by atoms with Gasteiger partial charge in [-0.25, -0.2) is 9.97 Å². The quantitative estimate of drug-likeness (QED) is 0.733. The first-order valence-corrected chi connectivity index (χ1v) is 9.50. The van der Waals surface area contributed by atoms with Gasteiger partial charge in [0.15, 0.2) is 5.82 Å². The van der Waals surface area contributed by atoms with Gasteiger partial charge in [0.2, 0.25) is 0 Å². The van der Waals surface area contributed by atoms with Crippen molar-refractivity contribution in [3.63, 3.8) is 0 Å². The second-order valence-electron chi connectivity index (χ2n) is 6.15. The van der Waals surface area contributed by atoms with Crippen LogP contribution in [0.15, 0.2) is 24.5 Å². The maximum atomic E-state index is 5.70. The van der Waals surface area contributed by atoms with Crippen LogP contribution in [0.25, 0.3) is 21.6 Å². The molecule has 0 saturated heterocycles. The van der Waals surface area contributed by atoms with Gasteiger partial charge in [-0.3, -0.25) is 9.88 Å². The number of nitrogens with two attached hydrogens (primary N) is 1. The normalized spacial score (nSPS) is 14.6. The summed E-state index contributed by atoms with van der Waals surface area (Å²) in [6.07, 6.45) is 4.60. The summed E-state index contributed by atoms with van der Waals surface area (Å²) in [5.74, 6) is 1.64. The van der Waals surface area contributed by atoms with Gasteiger partial charge >= 0.3 is 0 Å². The van der Waals surface area contributed by atoms with Gasteiger partial charge in [0.1, 0.15) is 10.6 Å². The van der Waals surface area contributed by atoms with Crippen LogP contribution in [0.4, 0.5) is 5.82 Å². The molecule has 4 rings (SSSR count). The van der Waals surface area contributed by atoms with E-state index in [9.17, 15) is 0 Å². The summed E-state index contributed by atoms with van der Waals surface area (Å²) < 4.78 is 0. The molecule has 7 heteroatoms. The number of fused-ring (bicyclic) bond motifs is 3. The summed E-state index contributed by atoms with van der Waals surface area (Å²) in [5.41, 5.74) is 8.09. The Labute approximate surface area is 151 Å². The molecule has 0 aliphatic carbocycles. The topological polar surface area (TPSA) is 80.0 Å². The van der Waals surface area contributed by atoms with Crippen molar-refractivity contribution >= 4 is 27.4 Å². The van der Waals surface area contributed by atoms with Gasteiger partial charge in [0, 0.05) is 49.0 Å². The molecule has 130 valence electrons. The number of aromatic nitrogens is 3. The smallest absolute Gasteiger partial charge is 0.163 e. The lowest BCUT2D eigenvalue weighted by Crippen LogP contribution is -2.29. The average Bonchev–Trinajstić information content (AvgIpc) is 3.04. The van der Waals surface area contributed by atoms with E-state index in [0.717, 1.165) is 48.1 Å². The predicted molar refractivity (Wildman–Crippen MR) is 103 cm³/mol. The first-order chi connectivity index (χ1) is 12.3. The Morgan fingerprint density at radius 1 is 1.28 bits per heavy atom. The van der Waals surface area contributed by atoms with Crippen molar-refractivity contribution in [1.29, 1.82) is 0 Å². The Bertz CT molecular complexity index is 876. The number of pyridine rings is 1. The lowest BCUT2D eigenvalue weighted by atomic mass is 10.0. The number of thiophene rings is 1. The third kappa shape index (κ3) is 3.10. The molecule has 3 aromatic heterocycles. The lowest BCUT2D eigenvalue weighted by Gasteiger charge is -2.25. The fourth-order valence-electron chi connectivity index (χ4n) is 3.27. The van der Waals surface area contributed by atoms with E-state index < -0.39 is 0 Å². The van der Waals surface area contributed by atoms with Crippen LogP contribution >= 0.6 is 11.3 Å². The van der Waals surface area contributed by atoms with Gasteiger partial charge < -0.3 is 11.1 Å². The maximum Gasteiger partial charge on any atom is 0.163 e. The van der Waals surface area contributed by atoms with Crippen LogP contribution in [0.1, 0.15) is 17.4 Å². The number of hydrogen-bond donors (Lipinski definition) is 2. The van der Waals surface area contributed by atoms with Crippen molar-refractivity contribution in [2.75, 3.05) is 31.5 Å². The van der Waals surface area contributed by atoms with E-state index in [0.29, 0.717) is 13.1 Å². The molecule has 6 nitrogen and oxygen atoms in total. The third-order valence-corrected chi connectivity index (χ3v) is 5.71. The van der Waals surface area contributed by atoms with Crippen LogP contribution in [-0.4, -0.2) is 46.0 Å². The minimum absolute atomic E-state index is 0.575. The number of nitrogens with one attached hydrogen (secondary N) is 1. The number of anilines is 1. The molecule has 0 radical (unpaired) electrons. The Morgan fingerprint density at radius 3 is 2.88 bits per heavy atom. The molecule has 0 fully saturated rings. The zero-order valence-electron chi connectivity index (χ0n) is 14.3. The van der Waals surface area contributed by atoms with Crippen molar-refractivity contribution in [3.8, 4) is 11.4 Å². The van der Waals surface area contributed by atoms with Crippen LogP contribution in [0.5, 0.6) is 0 Å². The predicted octanol–water partition coefficient (Wildman–Crippen LogP) is 2.50. The van der Waals surface area contributed by atoms with Gasteiger partial charge in [-0.15, -0.1) is 11.3 Å². The number of rotatable bonds is 5. The molecule has 0 unspecified atom stereocenters. The van der Waals surface area contributed by atoms with Gasteiger partial charge in [-0.1, -0.05) is 6.92 Å². The summed E-state index contributed by atoms with van der Waals surface area (Å²) in [4.78, 5) is 18.7. The largest absolute Gasteiger partial charge is 0.368 e. The molecule has 1 aliphatic rings. The summed E-state index contributed by atoms with van der Waals surface area (Å²) in [5, 5.41) is 4.59. The summed E-state index contributed by atoms with van der Waals surface area (Å²) >= 11 is 1.80. The van der Waals surface area contributed by atoms with E-state index in [4.69, 9.17) is 15.7 Å². The van der Waals surface area contributed by atoms with E-state index in [1.807, 2.05) is 12.1 Å². The third-order valence-electron chi connectivity index (χ3n) is 4.60. The molecular weight excluding hydrogens is 332 g/mol. The Balaban J connectivity index is 1.86. The second-order valence-corrected chi connectivity index (χ2v) is 7.23. The Kier molecular flexibility index (Phi) is 4.61. The highest BCUT2D eigenvalue weighted by Gasteiger charge is 2.24. The average molecular weight is 354 g/mol. The molecule has 4 heterocycles. The first-order valence-electron chi connectivity index (χ1n) is 8.69. The number of hydrogen-bond acceptors (Lipinski definition) is 7. The standard InChI is InChI=1S/C18H22N6S/c1-2-24-10-5-13-14(11-24)25-18-15(13)17(21-9-6-19)22-16(23-18)12-3-7-20-8-4-12/h3-4,7-8H,2,5-6,9-11,19H2,1H3,(H,21,22,23). The van der Waals surface area contributed by atoms with Gasteiger partial charge in [-0.2, -0.15) is 0 Å². The molecule has 3 N–H and O–H groups in total. The van der Waals surface area contributed by atoms with Crippen molar-refractivity contribution in [1.82, 2.24) is 19.9 Å². The molecule has 0 spiro atoms. The van der Waals surface area contributed by atoms with Crippen molar-refractivity contribution in [3.05, 3.63) is 35.0 Å². The number of nitrogens with zero attached hydrogens (tertiary/aromatic N) is 4. The van der Waals surface area contributed by atoms with Crippen LogP contribution in [0.2, 0.25) is 0 Å². The highest BCUT2D eigenvalue weighted by Crippen LogP contribution is 2.38. The summed E-state index contributed by atoms with van der Waals surface area (Å²) in [6, 6.07) is 3.89. The number of likely N-dealkylation sites (N-methyl/N-ethyl adjacent to an activating group) is 1. The Morgan fingerprint density at radius 2 is 2.12 bits per heavy atom. The van der Waals surface area contributed by atoms with E-state index in [-0.39, 0.29) is 0 Å². The van der Waals surface area contributed by atoms with Crippen molar-refractivity contribution in [2.45, 2.75) is 19.9 Å². The molecule has 0 atom stereocenters. The van der Waals surface area contributed by atoms with Crippen LogP contribution < -0.4 is 11.1 Å². The van der Waals surface area contributed by atoms with Gasteiger partial charge in [0.05, 0.1) is 5.39 Å². The minimum atomic E-state index is 0.575. The van der Waals surface area contributed by atoms with E-state index in [1.54, 1.807) is 23.7 Å². The molecule has 0 aromatic carbocycles.